The first-order valence-electron chi connectivity index (χ1n) is 10.7. The first kappa shape index (κ1) is 19.8. The van der Waals surface area contributed by atoms with Crippen molar-refractivity contribution in [1.82, 2.24) is 10.2 Å². The lowest BCUT2D eigenvalue weighted by molar-refractivity contribution is -0.183. The molecule has 3 aliphatic rings. The molecule has 7 heteroatoms. The van der Waals surface area contributed by atoms with Crippen LogP contribution >= 0.6 is 0 Å². The van der Waals surface area contributed by atoms with Crippen LogP contribution in [0.4, 0.5) is 5.69 Å². The summed E-state index contributed by atoms with van der Waals surface area (Å²) in [6.45, 7) is 4.43. The first-order chi connectivity index (χ1) is 14.7. The number of hydrogen-bond acceptors (Lipinski definition) is 7. The Hall–Kier alpha value is -2.16. The minimum Gasteiger partial charge on any atom is -0.508 e. The number of aromatic hydroxyl groups is 1. The summed E-state index contributed by atoms with van der Waals surface area (Å²) in [6, 6.07) is 17.2. The van der Waals surface area contributed by atoms with E-state index >= 15 is 0 Å². The molecule has 3 heterocycles. The van der Waals surface area contributed by atoms with Gasteiger partial charge in [0.15, 0.2) is 6.29 Å². The van der Waals surface area contributed by atoms with Crippen LogP contribution in [0.2, 0.25) is 0 Å². The van der Waals surface area contributed by atoms with E-state index in [0.29, 0.717) is 13.2 Å². The van der Waals surface area contributed by atoms with Gasteiger partial charge >= 0.3 is 0 Å². The molecule has 0 radical (unpaired) electrons. The number of aliphatic hydroxyl groups excluding tert-OH is 1. The number of nitrogens with one attached hydrogen (secondary N) is 1. The van der Waals surface area contributed by atoms with Crippen molar-refractivity contribution in [2.75, 3.05) is 37.7 Å². The lowest BCUT2D eigenvalue weighted by Gasteiger charge is -2.47. The van der Waals surface area contributed by atoms with E-state index in [2.05, 4.69) is 39.4 Å². The number of hydrogen-bond donors (Lipinski definition) is 3. The van der Waals surface area contributed by atoms with E-state index in [1.807, 2.05) is 18.2 Å². The molecule has 0 aliphatic carbocycles. The maximum Gasteiger partial charge on any atom is 0.176 e. The van der Waals surface area contributed by atoms with Crippen LogP contribution in [0, 0.1) is 0 Å². The van der Waals surface area contributed by atoms with E-state index in [0.717, 1.165) is 31.7 Å². The molecule has 2 aromatic rings. The summed E-state index contributed by atoms with van der Waals surface area (Å²) in [4.78, 5) is 4.67. The molecule has 30 heavy (non-hydrogen) atoms. The average molecular weight is 412 g/mol. The maximum atomic E-state index is 11.3. The third kappa shape index (κ3) is 3.79. The number of fused-ring (bicyclic) bond motifs is 2. The van der Waals surface area contributed by atoms with Gasteiger partial charge in [0.1, 0.15) is 11.9 Å². The van der Waals surface area contributed by atoms with Gasteiger partial charge in [-0.25, -0.2) is 0 Å². The molecule has 7 nitrogen and oxygen atoms in total. The molecule has 2 aromatic carbocycles. The molecule has 0 amide bonds. The highest BCUT2D eigenvalue weighted by molar-refractivity contribution is 5.46. The Labute approximate surface area is 176 Å². The normalized spacial score (nSPS) is 31.8. The molecule has 3 N–H and O–H groups in total. The van der Waals surface area contributed by atoms with Crippen molar-refractivity contribution < 1.29 is 19.7 Å². The highest BCUT2D eigenvalue weighted by Crippen LogP contribution is 2.32. The highest BCUT2D eigenvalue weighted by atomic mass is 16.7. The van der Waals surface area contributed by atoms with E-state index in [1.165, 1.54) is 5.69 Å². The van der Waals surface area contributed by atoms with Crippen molar-refractivity contribution in [3.63, 3.8) is 0 Å². The Morgan fingerprint density at radius 1 is 0.967 bits per heavy atom. The van der Waals surface area contributed by atoms with Crippen LogP contribution in [0.5, 0.6) is 5.75 Å². The quantitative estimate of drug-likeness (QED) is 0.682. The zero-order valence-electron chi connectivity index (χ0n) is 16.9. The van der Waals surface area contributed by atoms with Crippen molar-refractivity contribution in [2.45, 2.75) is 37.1 Å². The number of phenolic OH excluding ortho intramolecular Hbond substituents is 1. The van der Waals surface area contributed by atoms with Gasteiger partial charge in [-0.2, -0.15) is 0 Å². The van der Waals surface area contributed by atoms with Crippen LogP contribution < -0.4 is 10.2 Å². The number of ether oxygens (including phenoxy) is 2. The van der Waals surface area contributed by atoms with Gasteiger partial charge in [-0.05, 0) is 18.2 Å². The molecule has 2 bridgehead atoms. The van der Waals surface area contributed by atoms with E-state index in [1.54, 1.807) is 12.1 Å². The number of para-hydroxylation sites is 2. The summed E-state index contributed by atoms with van der Waals surface area (Å²) in [6.07, 6.45) is -1.18. The molecule has 5 unspecified atom stereocenters. The van der Waals surface area contributed by atoms with E-state index in [-0.39, 0.29) is 23.9 Å². The Kier molecular flexibility index (Phi) is 5.62. The Balaban J connectivity index is 1.25. The van der Waals surface area contributed by atoms with Gasteiger partial charge in [0, 0.05) is 44.0 Å². The summed E-state index contributed by atoms with van der Waals surface area (Å²) < 4.78 is 12.0. The second-order valence-electron chi connectivity index (χ2n) is 8.25. The number of anilines is 1. The molecular weight excluding hydrogens is 382 g/mol. The van der Waals surface area contributed by atoms with Gasteiger partial charge in [0.25, 0.3) is 0 Å². The smallest absolute Gasteiger partial charge is 0.176 e. The predicted molar refractivity (Wildman–Crippen MR) is 113 cm³/mol. The molecule has 5 atom stereocenters. The number of nitrogens with zero attached hydrogens (tertiary/aromatic N) is 2. The van der Waals surface area contributed by atoms with E-state index < -0.39 is 12.4 Å². The Bertz CT molecular complexity index is 843. The molecule has 0 aromatic heterocycles. The summed E-state index contributed by atoms with van der Waals surface area (Å²) in [7, 11) is 0. The Morgan fingerprint density at radius 3 is 2.47 bits per heavy atom. The number of piperazine rings is 1. The number of benzene rings is 2. The predicted octanol–water partition coefficient (Wildman–Crippen LogP) is 1.16. The van der Waals surface area contributed by atoms with Gasteiger partial charge in [-0.3, -0.25) is 4.90 Å². The summed E-state index contributed by atoms with van der Waals surface area (Å²) >= 11 is 0. The van der Waals surface area contributed by atoms with Gasteiger partial charge in [0.2, 0.25) is 0 Å². The van der Waals surface area contributed by atoms with Crippen molar-refractivity contribution in [1.29, 1.82) is 0 Å². The van der Waals surface area contributed by atoms with Crippen molar-refractivity contribution >= 4 is 5.69 Å². The summed E-state index contributed by atoms with van der Waals surface area (Å²) in [5.74, 6) is 0.255. The molecule has 3 aliphatic heterocycles. The second kappa shape index (κ2) is 8.53. The topological polar surface area (TPSA) is 77.4 Å². The van der Waals surface area contributed by atoms with Crippen LogP contribution in [-0.2, 0) is 16.0 Å². The van der Waals surface area contributed by atoms with Crippen LogP contribution in [0.25, 0.3) is 0 Å². The fraction of sp³-hybridized carbons (Fsp3) is 0.478. The van der Waals surface area contributed by atoms with Gasteiger partial charge in [0.05, 0.1) is 24.8 Å². The van der Waals surface area contributed by atoms with Crippen LogP contribution in [0.15, 0.2) is 54.6 Å². The van der Waals surface area contributed by atoms with Gasteiger partial charge < -0.3 is 29.9 Å². The SMILES string of the molecule is Oc1ccccc1CNC1C2COC(O2)C(N2CCN(c3ccccc3)CC2)C1O. The molecular formula is C23H29N3O4. The second-order valence-corrected chi connectivity index (χ2v) is 8.25. The van der Waals surface area contributed by atoms with Gasteiger partial charge in [-0.1, -0.05) is 36.4 Å². The number of phenols is 1. The van der Waals surface area contributed by atoms with Crippen molar-refractivity contribution in [3.05, 3.63) is 60.2 Å². The average Bonchev–Trinajstić information content (AvgIpc) is 3.21. The summed E-state index contributed by atoms with van der Waals surface area (Å²) in [5.41, 5.74) is 2.04. The van der Waals surface area contributed by atoms with E-state index in [4.69, 9.17) is 9.47 Å². The zero-order valence-corrected chi connectivity index (χ0v) is 16.9. The third-order valence-corrected chi connectivity index (χ3v) is 6.51. The fourth-order valence-electron chi connectivity index (χ4n) is 4.85. The number of rotatable bonds is 5. The van der Waals surface area contributed by atoms with E-state index in [9.17, 15) is 10.2 Å². The minimum absolute atomic E-state index is 0.183. The summed E-state index contributed by atoms with van der Waals surface area (Å²) in [5, 5.41) is 24.7. The molecule has 3 fully saturated rings. The van der Waals surface area contributed by atoms with Crippen molar-refractivity contribution in [2.24, 2.45) is 0 Å². The van der Waals surface area contributed by atoms with Crippen LogP contribution in [0.3, 0.4) is 0 Å². The lowest BCUT2D eigenvalue weighted by atomic mass is 9.94. The lowest BCUT2D eigenvalue weighted by Crippen LogP contribution is -2.66. The zero-order chi connectivity index (χ0) is 20.5. The largest absolute Gasteiger partial charge is 0.508 e. The molecule has 3 saturated heterocycles. The number of aliphatic hydroxyl groups is 1. The standard InChI is InChI=1S/C23H29N3O4/c27-18-9-5-4-6-16(18)14-24-20-19-15-29-23(30-19)21(22(20)28)26-12-10-25(11-13-26)17-7-2-1-3-8-17/h1-9,19-24,27-28H,10-15H2. The van der Waals surface area contributed by atoms with Crippen molar-refractivity contribution in [3.8, 4) is 5.75 Å². The Morgan fingerprint density at radius 2 is 1.70 bits per heavy atom. The molecule has 0 saturated carbocycles. The van der Waals surface area contributed by atoms with Crippen LogP contribution in [0.1, 0.15) is 5.56 Å². The molecule has 0 spiro atoms. The molecule has 5 rings (SSSR count). The van der Waals surface area contributed by atoms with Gasteiger partial charge in [-0.15, -0.1) is 0 Å². The highest BCUT2D eigenvalue weighted by Gasteiger charge is 2.52. The maximum absolute atomic E-state index is 11.3. The molecule has 160 valence electrons. The first-order valence-corrected chi connectivity index (χ1v) is 10.7. The third-order valence-electron chi connectivity index (χ3n) is 6.51. The van der Waals surface area contributed by atoms with Crippen LogP contribution in [-0.4, -0.2) is 78.5 Å². The monoisotopic (exact) mass is 411 g/mol. The fourth-order valence-corrected chi connectivity index (χ4v) is 4.85. The minimum atomic E-state index is -0.606.